The number of sulfone groups is 1. The summed E-state index contributed by atoms with van der Waals surface area (Å²) in [5.74, 6) is 0.623. The molecule has 1 aromatic carbocycles. The second-order valence-corrected chi connectivity index (χ2v) is 9.13. The van der Waals surface area contributed by atoms with Crippen molar-refractivity contribution in [1.82, 2.24) is 0 Å². The molecule has 3 rings (SSSR count). The van der Waals surface area contributed by atoms with Crippen molar-refractivity contribution in [3.63, 3.8) is 0 Å². The summed E-state index contributed by atoms with van der Waals surface area (Å²) >= 11 is 0. The lowest BCUT2D eigenvalue weighted by molar-refractivity contribution is -0.136. The standard InChI is InChI=1S/C20H26O4S/c1-2-24-20(21)19(13-15-5-3-4-6-15)17-9-11-18(12-10-17)25(22,23)14-16-7-8-16/h9-13,15-16H,2-8,14H2,1H3/b19-13+. The predicted octanol–water partition coefficient (Wildman–Crippen LogP) is 4.01. The summed E-state index contributed by atoms with van der Waals surface area (Å²) in [5.41, 5.74) is 1.29. The average Bonchev–Trinajstić information content (AvgIpc) is 3.23. The molecule has 0 N–H and O–H groups in total. The van der Waals surface area contributed by atoms with E-state index in [0.717, 1.165) is 31.2 Å². The molecule has 0 spiro atoms. The molecule has 0 bridgehead atoms. The number of esters is 1. The lowest BCUT2D eigenvalue weighted by Crippen LogP contribution is -2.10. The van der Waals surface area contributed by atoms with Gasteiger partial charge in [-0.05, 0) is 62.1 Å². The number of allylic oxidation sites excluding steroid dienone is 1. The highest BCUT2D eigenvalue weighted by atomic mass is 32.2. The molecule has 1 aromatic rings. The third kappa shape index (κ3) is 4.72. The zero-order valence-corrected chi connectivity index (χ0v) is 15.6. The van der Waals surface area contributed by atoms with Crippen LogP contribution in [-0.4, -0.2) is 26.7 Å². The highest BCUT2D eigenvalue weighted by Crippen LogP contribution is 2.33. The maximum atomic E-state index is 12.4. The van der Waals surface area contributed by atoms with Crippen LogP contribution in [0.5, 0.6) is 0 Å². The van der Waals surface area contributed by atoms with Crippen LogP contribution in [0.25, 0.3) is 5.57 Å². The van der Waals surface area contributed by atoms with Crippen LogP contribution in [0.3, 0.4) is 0 Å². The van der Waals surface area contributed by atoms with Crippen molar-refractivity contribution in [3.05, 3.63) is 35.9 Å². The van der Waals surface area contributed by atoms with Crippen LogP contribution < -0.4 is 0 Å². The third-order valence-electron chi connectivity index (χ3n) is 4.97. The van der Waals surface area contributed by atoms with Crippen LogP contribution in [0.2, 0.25) is 0 Å². The normalized spacial score (nSPS) is 19.2. The van der Waals surface area contributed by atoms with Gasteiger partial charge >= 0.3 is 5.97 Å². The van der Waals surface area contributed by atoms with E-state index < -0.39 is 9.84 Å². The number of hydrogen-bond acceptors (Lipinski definition) is 4. The molecule has 2 saturated carbocycles. The first-order valence-corrected chi connectivity index (χ1v) is 10.9. The molecule has 0 saturated heterocycles. The van der Waals surface area contributed by atoms with Gasteiger partial charge in [-0.15, -0.1) is 0 Å². The summed E-state index contributed by atoms with van der Waals surface area (Å²) in [4.78, 5) is 12.7. The topological polar surface area (TPSA) is 60.4 Å². The SMILES string of the molecule is CCOC(=O)/C(=C/C1CCCC1)c1ccc(S(=O)(=O)CC2CC2)cc1. The Morgan fingerprint density at radius 1 is 1.12 bits per heavy atom. The second-order valence-electron chi connectivity index (χ2n) is 7.09. The first kappa shape index (κ1) is 18.2. The monoisotopic (exact) mass is 362 g/mol. The lowest BCUT2D eigenvalue weighted by atomic mass is 9.99. The fraction of sp³-hybridized carbons (Fsp3) is 0.550. The molecule has 0 aliphatic heterocycles. The lowest BCUT2D eigenvalue weighted by Gasteiger charge is -2.11. The molecule has 2 fully saturated rings. The molecular weight excluding hydrogens is 336 g/mol. The summed E-state index contributed by atoms with van der Waals surface area (Å²) in [6.07, 6.45) is 8.60. The molecule has 0 aromatic heterocycles. The van der Waals surface area contributed by atoms with Crippen LogP contribution >= 0.6 is 0 Å². The highest BCUT2D eigenvalue weighted by Gasteiger charge is 2.29. The van der Waals surface area contributed by atoms with Gasteiger partial charge in [0.05, 0.1) is 22.8 Å². The van der Waals surface area contributed by atoms with Gasteiger partial charge in [-0.3, -0.25) is 0 Å². The van der Waals surface area contributed by atoms with Crippen molar-refractivity contribution >= 4 is 21.4 Å². The zero-order valence-electron chi connectivity index (χ0n) is 14.7. The van der Waals surface area contributed by atoms with Crippen molar-refractivity contribution < 1.29 is 17.9 Å². The van der Waals surface area contributed by atoms with Crippen molar-refractivity contribution in [2.45, 2.75) is 50.3 Å². The molecule has 0 radical (unpaired) electrons. The first-order valence-electron chi connectivity index (χ1n) is 9.21. The molecule has 4 nitrogen and oxygen atoms in total. The van der Waals surface area contributed by atoms with E-state index in [-0.39, 0.29) is 11.7 Å². The second kappa shape index (κ2) is 7.73. The maximum Gasteiger partial charge on any atom is 0.338 e. The molecule has 0 unspecified atom stereocenters. The Bertz CT molecular complexity index is 736. The van der Waals surface area contributed by atoms with Gasteiger partial charge in [0.2, 0.25) is 0 Å². The van der Waals surface area contributed by atoms with E-state index in [1.807, 2.05) is 6.08 Å². The quantitative estimate of drug-likeness (QED) is 0.543. The van der Waals surface area contributed by atoms with Crippen molar-refractivity contribution in [2.24, 2.45) is 11.8 Å². The van der Waals surface area contributed by atoms with E-state index in [1.165, 1.54) is 12.8 Å². The summed E-state index contributed by atoms with van der Waals surface area (Å²) < 4.78 is 29.9. The Balaban J connectivity index is 1.84. The van der Waals surface area contributed by atoms with E-state index in [2.05, 4.69) is 0 Å². The number of carbonyl (C=O) groups is 1. The van der Waals surface area contributed by atoms with Crippen LogP contribution in [0.15, 0.2) is 35.2 Å². The van der Waals surface area contributed by atoms with Crippen molar-refractivity contribution in [2.75, 3.05) is 12.4 Å². The molecule has 25 heavy (non-hydrogen) atoms. The predicted molar refractivity (Wildman–Crippen MR) is 97.8 cm³/mol. The van der Waals surface area contributed by atoms with Crippen molar-refractivity contribution in [3.8, 4) is 0 Å². The minimum Gasteiger partial charge on any atom is -0.462 e. The first-order chi connectivity index (χ1) is 12.0. The van der Waals surface area contributed by atoms with Gasteiger partial charge in [0.1, 0.15) is 0 Å². The summed E-state index contributed by atoms with van der Waals surface area (Å²) in [5, 5.41) is 0. The van der Waals surface area contributed by atoms with Gasteiger partial charge in [0.15, 0.2) is 9.84 Å². The summed E-state index contributed by atoms with van der Waals surface area (Å²) in [7, 11) is -3.23. The number of benzene rings is 1. The number of ether oxygens (including phenoxy) is 1. The summed E-state index contributed by atoms with van der Waals surface area (Å²) in [6, 6.07) is 6.71. The molecule has 5 heteroatoms. The van der Waals surface area contributed by atoms with Crippen LogP contribution in [-0.2, 0) is 19.4 Å². The van der Waals surface area contributed by atoms with E-state index in [4.69, 9.17) is 4.74 Å². The Morgan fingerprint density at radius 2 is 1.76 bits per heavy atom. The van der Waals surface area contributed by atoms with Crippen LogP contribution in [0.1, 0.15) is 51.0 Å². The number of hydrogen-bond donors (Lipinski definition) is 0. The van der Waals surface area contributed by atoms with Gasteiger partial charge in [-0.2, -0.15) is 0 Å². The summed E-state index contributed by atoms with van der Waals surface area (Å²) in [6.45, 7) is 2.12. The van der Waals surface area contributed by atoms with Crippen molar-refractivity contribution in [1.29, 1.82) is 0 Å². The largest absolute Gasteiger partial charge is 0.462 e. The smallest absolute Gasteiger partial charge is 0.338 e. The minimum atomic E-state index is -3.23. The van der Waals surface area contributed by atoms with Crippen LogP contribution in [0, 0.1) is 11.8 Å². The highest BCUT2D eigenvalue weighted by molar-refractivity contribution is 7.91. The Hall–Kier alpha value is -1.62. The Morgan fingerprint density at radius 3 is 2.32 bits per heavy atom. The van der Waals surface area contributed by atoms with E-state index in [9.17, 15) is 13.2 Å². The molecule has 0 atom stereocenters. The van der Waals surface area contributed by atoms with Crippen LogP contribution in [0.4, 0.5) is 0 Å². The Kier molecular flexibility index (Phi) is 5.62. The minimum absolute atomic E-state index is 0.231. The van der Waals surface area contributed by atoms with Gasteiger partial charge in [0, 0.05) is 0 Å². The average molecular weight is 362 g/mol. The molecule has 0 amide bonds. The molecule has 2 aliphatic carbocycles. The van der Waals surface area contributed by atoms with Gasteiger partial charge < -0.3 is 4.74 Å². The number of carbonyl (C=O) groups excluding carboxylic acids is 1. The third-order valence-corrected chi connectivity index (χ3v) is 6.87. The number of rotatable bonds is 7. The molecule has 0 heterocycles. The fourth-order valence-electron chi connectivity index (χ4n) is 3.38. The molecular formula is C20H26O4S. The maximum absolute atomic E-state index is 12.4. The van der Waals surface area contributed by atoms with Gasteiger partial charge in [-0.25, -0.2) is 13.2 Å². The molecule has 2 aliphatic rings. The van der Waals surface area contributed by atoms with E-state index >= 15 is 0 Å². The van der Waals surface area contributed by atoms with Gasteiger partial charge in [0.25, 0.3) is 0 Å². The molecule has 136 valence electrons. The zero-order chi connectivity index (χ0) is 17.9. The fourth-order valence-corrected chi connectivity index (χ4v) is 5.08. The van der Waals surface area contributed by atoms with E-state index in [1.54, 1.807) is 31.2 Å². The Labute approximate surface area is 150 Å². The van der Waals surface area contributed by atoms with E-state index in [0.29, 0.717) is 28.9 Å². The van der Waals surface area contributed by atoms with Gasteiger partial charge in [-0.1, -0.05) is 31.1 Å².